The minimum atomic E-state index is -0.234. The number of aromatic nitrogens is 1. The van der Waals surface area contributed by atoms with Crippen molar-refractivity contribution in [3.63, 3.8) is 0 Å². The topological polar surface area (TPSA) is 88.4 Å². The summed E-state index contributed by atoms with van der Waals surface area (Å²) >= 11 is 0. The Labute approximate surface area is 199 Å². The fourth-order valence-corrected chi connectivity index (χ4v) is 4.98. The van der Waals surface area contributed by atoms with E-state index in [1.165, 1.54) is 5.56 Å². The van der Waals surface area contributed by atoms with Crippen molar-refractivity contribution in [3.8, 4) is 5.75 Å². The first-order chi connectivity index (χ1) is 16.6. The predicted molar refractivity (Wildman–Crippen MR) is 124 cm³/mol. The first-order valence-corrected chi connectivity index (χ1v) is 12.3. The predicted octanol–water partition coefficient (Wildman–Crippen LogP) is 2.86. The van der Waals surface area contributed by atoms with E-state index in [-0.39, 0.29) is 12.0 Å². The van der Waals surface area contributed by atoms with Gasteiger partial charge in [0.25, 0.3) is 5.91 Å². The molecule has 0 spiro atoms. The number of carbonyl (C=O) groups excluding carboxylic acids is 2. The molecule has 0 unspecified atom stereocenters. The maximum atomic E-state index is 13.3. The number of amides is 2. The second-order valence-electron chi connectivity index (χ2n) is 9.12. The molecule has 0 atom stereocenters. The van der Waals surface area contributed by atoms with E-state index in [2.05, 4.69) is 22.2 Å². The Morgan fingerprint density at radius 2 is 1.88 bits per heavy atom. The SMILES string of the molecule is CCOC(=O)N1CCN(Cc2ccc3c(c2)CN(C(=O)c2onc4c2CCCC4)CCO3)CC1. The smallest absolute Gasteiger partial charge is 0.409 e. The van der Waals surface area contributed by atoms with Crippen molar-refractivity contribution in [3.05, 3.63) is 46.3 Å². The highest BCUT2D eigenvalue weighted by Gasteiger charge is 2.30. The van der Waals surface area contributed by atoms with Gasteiger partial charge in [0.15, 0.2) is 0 Å². The average Bonchev–Trinajstić information content (AvgIpc) is 3.17. The monoisotopic (exact) mass is 468 g/mol. The second kappa shape index (κ2) is 10.0. The van der Waals surface area contributed by atoms with Gasteiger partial charge in [0, 0.05) is 50.4 Å². The minimum absolute atomic E-state index is 0.104. The number of piperazine rings is 1. The molecule has 9 nitrogen and oxygen atoms in total. The standard InChI is InChI=1S/C25H32N4O5/c1-2-32-25(31)28-11-9-27(10-12-28)16-18-7-8-22-19(15-18)17-29(13-14-33-22)24(30)23-20-5-3-4-6-21(20)26-34-23/h7-8,15H,2-6,9-14,16-17H2,1H3. The minimum Gasteiger partial charge on any atom is -0.491 e. The number of nitrogens with zero attached hydrogens (tertiary/aromatic N) is 4. The van der Waals surface area contributed by atoms with Crippen molar-refractivity contribution in [1.29, 1.82) is 0 Å². The van der Waals surface area contributed by atoms with E-state index in [1.54, 1.807) is 4.90 Å². The van der Waals surface area contributed by atoms with Gasteiger partial charge in [-0.3, -0.25) is 9.69 Å². The molecule has 1 aromatic heterocycles. The van der Waals surface area contributed by atoms with Crippen LogP contribution in [0.4, 0.5) is 4.79 Å². The first kappa shape index (κ1) is 22.7. The van der Waals surface area contributed by atoms with Gasteiger partial charge in [-0.1, -0.05) is 11.2 Å². The zero-order valence-electron chi connectivity index (χ0n) is 19.8. The van der Waals surface area contributed by atoms with Crippen LogP contribution >= 0.6 is 0 Å². The molecular weight excluding hydrogens is 436 g/mol. The fourth-order valence-electron chi connectivity index (χ4n) is 4.98. The Morgan fingerprint density at radius 1 is 1.06 bits per heavy atom. The molecular formula is C25H32N4O5. The summed E-state index contributed by atoms with van der Waals surface area (Å²) in [7, 11) is 0. The van der Waals surface area contributed by atoms with Gasteiger partial charge in [-0.25, -0.2) is 4.79 Å². The van der Waals surface area contributed by atoms with Crippen LogP contribution in [-0.4, -0.2) is 77.8 Å². The summed E-state index contributed by atoms with van der Waals surface area (Å²) < 4.78 is 16.6. The lowest BCUT2D eigenvalue weighted by atomic mass is 9.96. The number of aryl methyl sites for hydroxylation is 1. The number of hydrogen-bond acceptors (Lipinski definition) is 7. The van der Waals surface area contributed by atoms with E-state index in [1.807, 2.05) is 17.9 Å². The molecule has 0 radical (unpaired) electrons. The number of hydrogen-bond donors (Lipinski definition) is 0. The third-order valence-corrected chi connectivity index (χ3v) is 6.85. The third kappa shape index (κ3) is 4.75. The molecule has 34 heavy (non-hydrogen) atoms. The van der Waals surface area contributed by atoms with Crippen LogP contribution in [0, 0.1) is 0 Å². The third-order valence-electron chi connectivity index (χ3n) is 6.85. The molecule has 2 aromatic rings. The van der Waals surface area contributed by atoms with E-state index in [0.29, 0.717) is 45.2 Å². The van der Waals surface area contributed by atoms with Crippen LogP contribution in [-0.2, 0) is 30.7 Å². The molecule has 3 aliphatic rings. The molecule has 1 saturated heterocycles. The summed E-state index contributed by atoms with van der Waals surface area (Å²) in [6.45, 7) is 7.37. The van der Waals surface area contributed by atoms with Gasteiger partial charge in [-0.05, 0) is 50.3 Å². The molecule has 0 N–H and O–H groups in total. The summed E-state index contributed by atoms with van der Waals surface area (Å²) in [6.07, 6.45) is 3.67. The second-order valence-corrected chi connectivity index (χ2v) is 9.12. The quantitative estimate of drug-likeness (QED) is 0.682. The van der Waals surface area contributed by atoms with Crippen molar-refractivity contribution in [2.24, 2.45) is 0 Å². The summed E-state index contributed by atoms with van der Waals surface area (Å²) in [4.78, 5) is 31.2. The van der Waals surface area contributed by atoms with E-state index in [4.69, 9.17) is 14.0 Å². The highest BCUT2D eigenvalue weighted by Crippen LogP contribution is 2.29. The summed E-state index contributed by atoms with van der Waals surface area (Å²) in [5.41, 5.74) is 4.09. The van der Waals surface area contributed by atoms with Crippen molar-refractivity contribution in [2.45, 2.75) is 45.7 Å². The fraction of sp³-hybridized carbons (Fsp3) is 0.560. The zero-order chi connectivity index (χ0) is 23.5. The van der Waals surface area contributed by atoms with Crippen LogP contribution < -0.4 is 4.74 Å². The van der Waals surface area contributed by atoms with Crippen LogP contribution in [0.1, 0.15) is 52.7 Å². The van der Waals surface area contributed by atoms with E-state index in [9.17, 15) is 9.59 Å². The van der Waals surface area contributed by atoms with Gasteiger partial charge in [-0.15, -0.1) is 0 Å². The molecule has 2 amide bonds. The highest BCUT2D eigenvalue weighted by molar-refractivity contribution is 5.93. The Hall–Kier alpha value is -3.07. The van der Waals surface area contributed by atoms with Crippen LogP contribution in [0.5, 0.6) is 5.75 Å². The molecule has 1 fully saturated rings. The van der Waals surface area contributed by atoms with Crippen LogP contribution in [0.2, 0.25) is 0 Å². The first-order valence-electron chi connectivity index (χ1n) is 12.3. The van der Waals surface area contributed by atoms with Gasteiger partial charge < -0.3 is 23.8 Å². The van der Waals surface area contributed by atoms with Gasteiger partial charge in [-0.2, -0.15) is 0 Å². The van der Waals surface area contributed by atoms with Gasteiger partial charge in [0.2, 0.25) is 5.76 Å². The van der Waals surface area contributed by atoms with E-state index < -0.39 is 0 Å². The lowest BCUT2D eigenvalue weighted by Crippen LogP contribution is -2.48. The van der Waals surface area contributed by atoms with Crippen molar-refractivity contribution in [1.82, 2.24) is 19.9 Å². The summed E-state index contributed by atoms with van der Waals surface area (Å²) in [5, 5.41) is 4.15. The maximum Gasteiger partial charge on any atom is 0.409 e. The molecule has 182 valence electrons. The molecule has 9 heteroatoms. The van der Waals surface area contributed by atoms with Gasteiger partial charge in [0.05, 0.1) is 18.8 Å². The zero-order valence-corrected chi connectivity index (χ0v) is 19.8. The van der Waals surface area contributed by atoms with Crippen LogP contribution in [0.25, 0.3) is 0 Å². The lowest BCUT2D eigenvalue weighted by Gasteiger charge is -2.34. The highest BCUT2D eigenvalue weighted by atomic mass is 16.6. The van der Waals surface area contributed by atoms with Gasteiger partial charge in [0.1, 0.15) is 12.4 Å². The Balaban J connectivity index is 1.25. The largest absolute Gasteiger partial charge is 0.491 e. The lowest BCUT2D eigenvalue weighted by molar-refractivity contribution is 0.0689. The van der Waals surface area contributed by atoms with Gasteiger partial charge >= 0.3 is 6.09 Å². The Morgan fingerprint density at radius 3 is 2.71 bits per heavy atom. The molecule has 1 aliphatic carbocycles. The average molecular weight is 469 g/mol. The number of fused-ring (bicyclic) bond motifs is 2. The Kier molecular flexibility index (Phi) is 6.71. The molecule has 0 saturated carbocycles. The maximum absolute atomic E-state index is 13.3. The Bertz CT molecular complexity index is 1040. The number of ether oxygens (including phenoxy) is 2. The number of benzene rings is 1. The normalized spacial score (nSPS) is 18.5. The van der Waals surface area contributed by atoms with Crippen molar-refractivity contribution in [2.75, 3.05) is 45.9 Å². The molecule has 1 aromatic carbocycles. The van der Waals surface area contributed by atoms with E-state index in [0.717, 1.165) is 67.9 Å². The number of carbonyl (C=O) groups is 2. The van der Waals surface area contributed by atoms with Crippen molar-refractivity contribution < 1.29 is 23.6 Å². The van der Waals surface area contributed by atoms with Crippen LogP contribution in [0.15, 0.2) is 22.7 Å². The van der Waals surface area contributed by atoms with Crippen LogP contribution in [0.3, 0.4) is 0 Å². The molecule has 2 aliphatic heterocycles. The summed E-state index contributed by atoms with van der Waals surface area (Å²) in [6, 6.07) is 6.22. The van der Waals surface area contributed by atoms with Crippen molar-refractivity contribution >= 4 is 12.0 Å². The molecule has 0 bridgehead atoms. The summed E-state index contributed by atoms with van der Waals surface area (Å²) in [5.74, 6) is 1.12. The molecule has 5 rings (SSSR count). The molecule has 3 heterocycles. The van der Waals surface area contributed by atoms with E-state index >= 15 is 0 Å². The number of rotatable bonds is 4.